The molecule has 2 aromatic rings. The van der Waals surface area contributed by atoms with Crippen molar-refractivity contribution in [3.8, 4) is 0 Å². The topological polar surface area (TPSA) is 36.1 Å². The van der Waals surface area contributed by atoms with Crippen LogP contribution in [0.25, 0.3) is 10.9 Å². The van der Waals surface area contributed by atoms with E-state index in [0.717, 1.165) is 36.4 Å². The summed E-state index contributed by atoms with van der Waals surface area (Å²) in [6.45, 7) is 4.90. The summed E-state index contributed by atoms with van der Waals surface area (Å²) in [5.74, 6) is 0. The van der Waals surface area contributed by atoms with Crippen molar-refractivity contribution in [2.45, 2.75) is 32.7 Å². The van der Waals surface area contributed by atoms with Gasteiger partial charge in [-0.25, -0.2) is 0 Å². The summed E-state index contributed by atoms with van der Waals surface area (Å²) in [4.78, 5) is 18.4. The number of piperidine rings is 1. The van der Waals surface area contributed by atoms with Crippen molar-refractivity contribution < 1.29 is 0 Å². The van der Waals surface area contributed by atoms with Crippen LogP contribution in [0.15, 0.2) is 23.0 Å². The molecule has 0 bridgehead atoms. The van der Waals surface area contributed by atoms with E-state index in [2.05, 4.69) is 9.88 Å². The molecule has 1 N–H and O–H groups in total. The number of pyridine rings is 1. The van der Waals surface area contributed by atoms with Gasteiger partial charge in [-0.3, -0.25) is 9.69 Å². The van der Waals surface area contributed by atoms with Gasteiger partial charge in [-0.1, -0.05) is 18.0 Å². The molecule has 20 heavy (non-hydrogen) atoms. The number of halogens is 1. The molecule has 1 aromatic carbocycles. The molecule has 1 aromatic heterocycles. The Balaban J connectivity index is 2.03. The van der Waals surface area contributed by atoms with Crippen molar-refractivity contribution >= 4 is 22.5 Å². The highest BCUT2D eigenvalue weighted by molar-refractivity contribution is 6.31. The lowest BCUT2D eigenvalue weighted by Gasteiger charge is -2.26. The molecule has 0 spiro atoms. The molecule has 0 amide bonds. The lowest BCUT2D eigenvalue weighted by atomic mass is 10.1. The first kappa shape index (κ1) is 13.7. The Morgan fingerprint density at radius 2 is 2.00 bits per heavy atom. The third-order valence-electron chi connectivity index (χ3n) is 4.11. The number of hydrogen-bond donors (Lipinski definition) is 1. The molecule has 3 rings (SSSR count). The summed E-state index contributed by atoms with van der Waals surface area (Å²) >= 11 is 6.01. The average molecular weight is 291 g/mol. The molecule has 106 valence electrons. The van der Waals surface area contributed by atoms with Crippen LogP contribution < -0.4 is 5.43 Å². The van der Waals surface area contributed by atoms with Gasteiger partial charge >= 0.3 is 0 Å². The van der Waals surface area contributed by atoms with Gasteiger partial charge in [0.1, 0.15) is 0 Å². The minimum atomic E-state index is 0.115. The zero-order valence-electron chi connectivity index (χ0n) is 11.7. The van der Waals surface area contributed by atoms with Crippen molar-refractivity contribution in [1.29, 1.82) is 0 Å². The van der Waals surface area contributed by atoms with E-state index in [-0.39, 0.29) is 5.43 Å². The second kappa shape index (κ2) is 5.58. The highest BCUT2D eigenvalue weighted by Gasteiger charge is 2.15. The van der Waals surface area contributed by atoms with Crippen LogP contribution in [0.3, 0.4) is 0 Å². The highest BCUT2D eigenvalue weighted by Crippen LogP contribution is 2.18. The monoisotopic (exact) mass is 290 g/mol. The Kier molecular flexibility index (Phi) is 3.81. The van der Waals surface area contributed by atoms with E-state index in [4.69, 9.17) is 11.6 Å². The molecule has 1 fully saturated rings. The van der Waals surface area contributed by atoms with Crippen molar-refractivity contribution in [1.82, 2.24) is 9.88 Å². The smallest absolute Gasteiger partial charge is 0.194 e. The largest absolute Gasteiger partial charge is 0.358 e. The molecule has 0 atom stereocenters. The van der Waals surface area contributed by atoms with E-state index < -0.39 is 0 Å². The molecule has 1 aliphatic rings. The van der Waals surface area contributed by atoms with Crippen LogP contribution in [0.2, 0.25) is 5.02 Å². The number of benzene rings is 1. The number of likely N-dealkylation sites (tertiary alicyclic amines) is 1. The summed E-state index contributed by atoms with van der Waals surface area (Å²) < 4.78 is 0. The van der Waals surface area contributed by atoms with Gasteiger partial charge in [0.05, 0.1) is 0 Å². The first-order valence-electron chi connectivity index (χ1n) is 7.18. The third-order valence-corrected chi connectivity index (χ3v) is 4.34. The number of rotatable bonds is 2. The number of aromatic nitrogens is 1. The normalized spacial score (nSPS) is 16.7. The molecular formula is C16H19ClN2O. The molecule has 0 unspecified atom stereocenters. The van der Waals surface area contributed by atoms with E-state index in [9.17, 15) is 4.79 Å². The zero-order chi connectivity index (χ0) is 14.1. The van der Waals surface area contributed by atoms with Gasteiger partial charge < -0.3 is 4.98 Å². The van der Waals surface area contributed by atoms with Crippen molar-refractivity contribution in [2.75, 3.05) is 13.1 Å². The minimum absolute atomic E-state index is 0.115. The second-order valence-electron chi connectivity index (χ2n) is 5.58. The second-order valence-corrected chi connectivity index (χ2v) is 6.02. The molecule has 2 heterocycles. The van der Waals surface area contributed by atoms with E-state index in [1.807, 2.05) is 19.1 Å². The Morgan fingerprint density at radius 3 is 2.75 bits per heavy atom. The van der Waals surface area contributed by atoms with Crippen LogP contribution in [0.5, 0.6) is 0 Å². The SMILES string of the molecule is Cc1[nH]c2ccc(Cl)cc2c(=O)c1CN1CCCCC1. The van der Waals surface area contributed by atoms with Crippen molar-refractivity contribution in [2.24, 2.45) is 0 Å². The van der Waals surface area contributed by atoms with Gasteiger partial charge in [0.2, 0.25) is 0 Å². The highest BCUT2D eigenvalue weighted by atomic mass is 35.5. The molecule has 0 radical (unpaired) electrons. The summed E-state index contributed by atoms with van der Waals surface area (Å²) in [5, 5.41) is 1.30. The van der Waals surface area contributed by atoms with Gasteiger partial charge in [-0.2, -0.15) is 0 Å². The Bertz CT molecular complexity index is 687. The molecule has 4 heteroatoms. The lowest BCUT2D eigenvalue weighted by Crippen LogP contribution is -2.32. The van der Waals surface area contributed by atoms with Crippen LogP contribution in [-0.4, -0.2) is 23.0 Å². The number of aromatic amines is 1. The van der Waals surface area contributed by atoms with Gasteiger partial charge in [-0.05, 0) is 51.1 Å². The fourth-order valence-electron chi connectivity index (χ4n) is 2.96. The number of H-pyrrole nitrogens is 1. The molecule has 1 saturated heterocycles. The van der Waals surface area contributed by atoms with Gasteiger partial charge in [-0.15, -0.1) is 0 Å². The first-order valence-corrected chi connectivity index (χ1v) is 7.56. The summed E-state index contributed by atoms with van der Waals surface area (Å²) in [6, 6.07) is 5.44. The predicted molar refractivity (Wildman–Crippen MR) is 83.4 cm³/mol. The number of nitrogens with one attached hydrogen (secondary N) is 1. The maximum atomic E-state index is 12.7. The van der Waals surface area contributed by atoms with Crippen LogP contribution in [-0.2, 0) is 6.54 Å². The van der Waals surface area contributed by atoms with Crippen molar-refractivity contribution in [3.05, 3.63) is 44.7 Å². The van der Waals surface area contributed by atoms with Crippen LogP contribution in [0.1, 0.15) is 30.5 Å². The number of aryl methyl sites for hydroxylation is 1. The predicted octanol–water partition coefficient (Wildman–Crippen LogP) is 3.48. The van der Waals surface area contributed by atoms with Gasteiger partial charge in [0.25, 0.3) is 0 Å². The van der Waals surface area contributed by atoms with E-state index in [0.29, 0.717) is 10.4 Å². The standard InChI is InChI=1S/C16H19ClN2O/c1-11-14(10-19-7-3-2-4-8-19)16(20)13-9-12(17)5-6-15(13)18-11/h5-6,9H,2-4,7-8,10H2,1H3,(H,18,20). The van der Waals surface area contributed by atoms with E-state index in [1.165, 1.54) is 19.3 Å². The zero-order valence-corrected chi connectivity index (χ0v) is 12.5. The lowest BCUT2D eigenvalue weighted by molar-refractivity contribution is 0.220. The molecule has 1 aliphatic heterocycles. The summed E-state index contributed by atoms with van der Waals surface area (Å²) in [7, 11) is 0. The van der Waals surface area contributed by atoms with Crippen LogP contribution >= 0.6 is 11.6 Å². The molecular weight excluding hydrogens is 272 g/mol. The minimum Gasteiger partial charge on any atom is -0.358 e. The fraction of sp³-hybridized carbons (Fsp3) is 0.438. The average Bonchev–Trinajstić information content (AvgIpc) is 2.46. The quantitative estimate of drug-likeness (QED) is 0.919. The van der Waals surface area contributed by atoms with Crippen LogP contribution in [0, 0.1) is 6.92 Å². The van der Waals surface area contributed by atoms with E-state index >= 15 is 0 Å². The fourth-order valence-corrected chi connectivity index (χ4v) is 3.13. The van der Waals surface area contributed by atoms with Crippen molar-refractivity contribution in [3.63, 3.8) is 0 Å². The third kappa shape index (κ3) is 2.60. The Morgan fingerprint density at radius 1 is 1.25 bits per heavy atom. The summed E-state index contributed by atoms with van der Waals surface area (Å²) in [5.41, 5.74) is 2.82. The molecule has 0 aliphatic carbocycles. The molecule has 3 nitrogen and oxygen atoms in total. The summed E-state index contributed by atoms with van der Waals surface area (Å²) in [6.07, 6.45) is 3.77. The Hall–Kier alpha value is -1.32. The number of hydrogen-bond acceptors (Lipinski definition) is 2. The van der Waals surface area contributed by atoms with Gasteiger partial charge in [0, 0.05) is 33.7 Å². The number of fused-ring (bicyclic) bond motifs is 1. The van der Waals surface area contributed by atoms with Crippen LogP contribution in [0.4, 0.5) is 0 Å². The molecule has 0 saturated carbocycles. The maximum Gasteiger partial charge on any atom is 0.194 e. The maximum absolute atomic E-state index is 12.7. The number of nitrogens with zero attached hydrogens (tertiary/aromatic N) is 1. The van der Waals surface area contributed by atoms with E-state index in [1.54, 1.807) is 6.07 Å². The Labute approximate surface area is 123 Å². The van der Waals surface area contributed by atoms with Gasteiger partial charge in [0.15, 0.2) is 5.43 Å². The first-order chi connectivity index (χ1) is 9.65.